The van der Waals surface area contributed by atoms with Crippen molar-refractivity contribution in [3.63, 3.8) is 0 Å². The zero-order chi connectivity index (χ0) is 20.2. The topological polar surface area (TPSA) is 43.9 Å². The van der Waals surface area contributed by atoms with E-state index in [2.05, 4.69) is 29.2 Å². The molecule has 0 unspecified atom stereocenters. The van der Waals surface area contributed by atoms with Crippen molar-refractivity contribution in [2.75, 3.05) is 32.7 Å². The van der Waals surface area contributed by atoms with Gasteiger partial charge in [0, 0.05) is 57.3 Å². The van der Waals surface area contributed by atoms with E-state index in [1.165, 1.54) is 5.56 Å². The van der Waals surface area contributed by atoms with E-state index in [-0.39, 0.29) is 17.7 Å². The maximum absolute atomic E-state index is 13.0. The predicted molar refractivity (Wildman–Crippen MR) is 113 cm³/mol. The van der Waals surface area contributed by atoms with Crippen LogP contribution >= 0.6 is 11.6 Å². The van der Waals surface area contributed by atoms with Gasteiger partial charge in [-0.2, -0.15) is 0 Å². The number of halogens is 1. The molecule has 6 heteroatoms. The van der Waals surface area contributed by atoms with Gasteiger partial charge >= 0.3 is 0 Å². The molecule has 152 valence electrons. The third kappa shape index (κ3) is 4.98. The lowest BCUT2D eigenvalue weighted by Gasteiger charge is -2.36. The average molecular weight is 412 g/mol. The second-order valence-electron chi connectivity index (χ2n) is 7.89. The Kier molecular flexibility index (Phi) is 6.16. The molecule has 0 aliphatic carbocycles. The number of benzene rings is 2. The summed E-state index contributed by atoms with van der Waals surface area (Å²) in [7, 11) is 0. The second kappa shape index (κ2) is 8.97. The lowest BCUT2D eigenvalue weighted by atomic mass is 10.1. The average Bonchev–Trinajstić information content (AvgIpc) is 3.11. The normalized spacial score (nSPS) is 20.3. The molecule has 29 heavy (non-hydrogen) atoms. The molecule has 0 spiro atoms. The number of carbonyl (C=O) groups is 2. The van der Waals surface area contributed by atoms with E-state index in [1.807, 2.05) is 35.2 Å². The molecule has 2 heterocycles. The summed E-state index contributed by atoms with van der Waals surface area (Å²) < 4.78 is 0. The Labute approximate surface area is 176 Å². The highest BCUT2D eigenvalue weighted by Crippen LogP contribution is 2.23. The molecule has 2 aromatic rings. The third-order valence-electron chi connectivity index (χ3n) is 5.78. The fraction of sp³-hybridized carbons (Fsp3) is 0.391. The van der Waals surface area contributed by atoms with Crippen LogP contribution in [0.2, 0.25) is 5.02 Å². The van der Waals surface area contributed by atoms with Crippen LogP contribution in [0.1, 0.15) is 17.5 Å². The number of likely N-dealkylation sites (tertiary alicyclic amines) is 1. The second-order valence-corrected chi connectivity index (χ2v) is 8.33. The highest BCUT2D eigenvalue weighted by molar-refractivity contribution is 6.30. The van der Waals surface area contributed by atoms with Crippen molar-refractivity contribution in [3.05, 3.63) is 70.7 Å². The molecule has 0 saturated carbocycles. The van der Waals surface area contributed by atoms with Gasteiger partial charge in [0.05, 0.1) is 5.92 Å². The SMILES string of the molecule is O=C1C[C@@H](C(=O)N2CCN(Cc3ccccc3)CC2)CN1Cc1ccc(Cl)cc1. The summed E-state index contributed by atoms with van der Waals surface area (Å²) >= 11 is 5.93. The highest BCUT2D eigenvalue weighted by atomic mass is 35.5. The van der Waals surface area contributed by atoms with Crippen molar-refractivity contribution in [1.82, 2.24) is 14.7 Å². The maximum atomic E-state index is 13.0. The molecule has 0 aromatic heterocycles. The van der Waals surface area contributed by atoms with Gasteiger partial charge in [-0.1, -0.05) is 54.1 Å². The van der Waals surface area contributed by atoms with Gasteiger partial charge in [0.15, 0.2) is 0 Å². The number of hydrogen-bond acceptors (Lipinski definition) is 3. The molecule has 1 atom stereocenters. The van der Waals surface area contributed by atoms with Crippen LogP contribution in [0, 0.1) is 5.92 Å². The standard InChI is InChI=1S/C23H26ClN3O2/c24-21-8-6-19(7-9-21)16-27-17-20(14-22(27)28)23(29)26-12-10-25(11-13-26)15-18-4-2-1-3-5-18/h1-9,20H,10-17H2/t20-/m1/s1. The molecule has 2 aliphatic heterocycles. The lowest BCUT2D eigenvalue weighted by Crippen LogP contribution is -2.50. The summed E-state index contributed by atoms with van der Waals surface area (Å²) in [6.45, 7) is 5.15. The van der Waals surface area contributed by atoms with Gasteiger partial charge in [0.25, 0.3) is 0 Å². The molecule has 2 fully saturated rings. The number of nitrogens with zero attached hydrogens (tertiary/aromatic N) is 3. The van der Waals surface area contributed by atoms with Crippen LogP contribution in [0.25, 0.3) is 0 Å². The fourth-order valence-electron chi connectivity index (χ4n) is 4.13. The lowest BCUT2D eigenvalue weighted by molar-refractivity contribution is -0.137. The van der Waals surface area contributed by atoms with Crippen LogP contribution < -0.4 is 0 Å². The first kappa shape index (κ1) is 19.9. The maximum Gasteiger partial charge on any atom is 0.228 e. The first-order valence-electron chi connectivity index (χ1n) is 10.2. The van der Waals surface area contributed by atoms with Crippen molar-refractivity contribution in [1.29, 1.82) is 0 Å². The molecule has 0 bridgehead atoms. The van der Waals surface area contributed by atoms with E-state index >= 15 is 0 Å². The van der Waals surface area contributed by atoms with Crippen LogP contribution in [-0.2, 0) is 22.7 Å². The van der Waals surface area contributed by atoms with Crippen molar-refractivity contribution in [3.8, 4) is 0 Å². The molecular weight excluding hydrogens is 386 g/mol. The highest BCUT2D eigenvalue weighted by Gasteiger charge is 2.37. The number of carbonyl (C=O) groups excluding carboxylic acids is 2. The van der Waals surface area contributed by atoms with Crippen LogP contribution in [0.3, 0.4) is 0 Å². The van der Waals surface area contributed by atoms with E-state index in [1.54, 1.807) is 4.90 Å². The van der Waals surface area contributed by atoms with Crippen LogP contribution in [0.5, 0.6) is 0 Å². The summed E-state index contributed by atoms with van der Waals surface area (Å²) in [6.07, 6.45) is 0.316. The Bertz CT molecular complexity index is 848. The van der Waals surface area contributed by atoms with Gasteiger partial charge in [-0.25, -0.2) is 0 Å². The van der Waals surface area contributed by atoms with Gasteiger partial charge in [-0.3, -0.25) is 14.5 Å². The van der Waals surface area contributed by atoms with Crippen LogP contribution in [0.4, 0.5) is 0 Å². The molecule has 2 amide bonds. The molecule has 4 rings (SSSR count). The van der Waals surface area contributed by atoms with E-state index in [0.29, 0.717) is 24.5 Å². The number of piperazine rings is 1. The van der Waals surface area contributed by atoms with Crippen molar-refractivity contribution in [2.45, 2.75) is 19.5 Å². The summed E-state index contributed by atoms with van der Waals surface area (Å²) in [5.41, 5.74) is 2.33. The summed E-state index contributed by atoms with van der Waals surface area (Å²) in [5.74, 6) is -0.0483. The molecule has 2 aromatic carbocycles. The molecule has 5 nitrogen and oxygen atoms in total. The largest absolute Gasteiger partial charge is 0.340 e. The van der Waals surface area contributed by atoms with E-state index in [9.17, 15) is 9.59 Å². The molecule has 0 radical (unpaired) electrons. The molecule has 2 aliphatic rings. The van der Waals surface area contributed by atoms with Crippen LogP contribution in [-0.4, -0.2) is 59.2 Å². The number of rotatable bonds is 5. The first-order chi connectivity index (χ1) is 14.1. The van der Waals surface area contributed by atoms with Gasteiger partial charge in [-0.15, -0.1) is 0 Å². The smallest absolute Gasteiger partial charge is 0.228 e. The van der Waals surface area contributed by atoms with Crippen molar-refractivity contribution in [2.24, 2.45) is 5.92 Å². The minimum atomic E-state index is -0.226. The van der Waals surface area contributed by atoms with Gasteiger partial charge in [0.2, 0.25) is 11.8 Å². The van der Waals surface area contributed by atoms with Crippen LogP contribution in [0.15, 0.2) is 54.6 Å². The molecule has 2 saturated heterocycles. The Balaban J connectivity index is 1.28. The Morgan fingerprint density at radius 2 is 1.55 bits per heavy atom. The Morgan fingerprint density at radius 1 is 0.897 bits per heavy atom. The zero-order valence-electron chi connectivity index (χ0n) is 16.5. The summed E-state index contributed by atoms with van der Waals surface area (Å²) in [5, 5.41) is 0.681. The van der Waals surface area contributed by atoms with E-state index < -0.39 is 0 Å². The quantitative estimate of drug-likeness (QED) is 0.759. The predicted octanol–water partition coefficient (Wildman–Crippen LogP) is 3.03. The Hall–Kier alpha value is -2.37. The fourth-order valence-corrected chi connectivity index (χ4v) is 4.25. The van der Waals surface area contributed by atoms with Crippen molar-refractivity contribution >= 4 is 23.4 Å². The van der Waals surface area contributed by atoms with Gasteiger partial charge in [0.1, 0.15) is 0 Å². The number of amides is 2. The van der Waals surface area contributed by atoms with E-state index in [4.69, 9.17) is 11.6 Å². The monoisotopic (exact) mass is 411 g/mol. The van der Waals surface area contributed by atoms with Gasteiger partial charge in [-0.05, 0) is 23.3 Å². The zero-order valence-corrected chi connectivity index (χ0v) is 17.2. The van der Waals surface area contributed by atoms with E-state index in [0.717, 1.165) is 38.3 Å². The molecule has 0 N–H and O–H groups in total. The minimum Gasteiger partial charge on any atom is -0.340 e. The Morgan fingerprint density at radius 3 is 2.24 bits per heavy atom. The van der Waals surface area contributed by atoms with Gasteiger partial charge < -0.3 is 9.80 Å². The minimum absolute atomic E-state index is 0.0565. The third-order valence-corrected chi connectivity index (χ3v) is 6.04. The van der Waals surface area contributed by atoms with Crippen molar-refractivity contribution < 1.29 is 9.59 Å². The summed E-state index contributed by atoms with van der Waals surface area (Å²) in [4.78, 5) is 31.5. The molecular formula is C23H26ClN3O2. The summed E-state index contributed by atoms with van der Waals surface area (Å²) in [6, 6.07) is 17.9. The number of hydrogen-bond donors (Lipinski definition) is 0. The first-order valence-corrected chi connectivity index (χ1v) is 10.5.